The van der Waals surface area contributed by atoms with E-state index in [1.807, 2.05) is 0 Å². The van der Waals surface area contributed by atoms with Crippen LogP contribution in [0.15, 0.2) is 18.7 Å². The normalized spacial score (nSPS) is 23.0. The van der Waals surface area contributed by atoms with Crippen LogP contribution < -0.4 is 0 Å². The van der Waals surface area contributed by atoms with Crippen molar-refractivity contribution in [3.63, 3.8) is 0 Å². The first-order chi connectivity index (χ1) is 12.8. The van der Waals surface area contributed by atoms with Gasteiger partial charge in [0.15, 0.2) is 0 Å². The van der Waals surface area contributed by atoms with E-state index >= 15 is 0 Å². The number of rotatable bonds is 9. The van der Waals surface area contributed by atoms with Crippen LogP contribution in [-0.2, 0) is 6.42 Å². The van der Waals surface area contributed by atoms with Gasteiger partial charge in [0.25, 0.3) is 0 Å². The first-order valence-electron chi connectivity index (χ1n) is 11.0. The average molecular weight is 390 g/mol. The Hall–Kier alpha value is -0.790. The molecule has 0 atom stereocenters. The molecule has 0 amide bonds. The number of nitrogens with zero attached hydrogens (tertiary/aromatic N) is 1. The number of halogens is 1. The Kier molecular flexibility index (Phi) is 8.43. The van der Waals surface area contributed by atoms with Crippen LogP contribution in [0, 0.1) is 18.3 Å². The second-order valence-electron chi connectivity index (χ2n) is 8.97. The number of hydrogen-bond donors (Lipinski definition) is 0. The minimum Gasteiger partial charge on any atom is -0.302 e. The fourth-order valence-corrected chi connectivity index (χ4v) is 5.58. The first kappa shape index (κ1) is 22.5. The predicted octanol–water partition coefficient (Wildman–Crippen LogP) is 7.54. The lowest BCUT2D eigenvalue weighted by Crippen LogP contribution is -2.33. The molecule has 1 aliphatic carbocycles. The van der Waals surface area contributed by atoms with Crippen LogP contribution in [0.3, 0.4) is 0 Å². The Bertz CT molecular complexity index is 602. The molecule has 0 radical (unpaired) electrons. The van der Waals surface area contributed by atoms with E-state index in [4.69, 9.17) is 11.6 Å². The largest absolute Gasteiger partial charge is 0.302 e. The lowest BCUT2D eigenvalue weighted by atomic mass is 9.66. The van der Waals surface area contributed by atoms with Gasteiger partial charge in [-0.3, -0.25) is 0 Å². The second-order valence-corrected chi connectivity index (χ2v) is 9.38. The summed E-state index contributed by atoms with van der Waals surface area (Å²) in [5, 5.41) is 0.857. The second kappa shape index (κ2) is 10.1. The van der Waals surface area contributed by atoms with Crippen molar-refractivity contribution in [2.24, 2.45) is 11.3 Å². The minimum atomic E-state index is 0.638. The summed E-state index contributed by atoms with van der Waals surface area (Å²) in [6.07, 6.45) is 10.7. The maximum atomic E-state index is 6.58. The zero-order valence-corrected chi connectivity index (χ0v) is 19.1. The molecule has 0 saturated heterocycles. The van der Waals surface area contributed by atoms with Gasteiger partial charge in [0, 0.05) is 18.1 Å². The highest BCUT2D eigenvalue weighted by Crippen LogP contribution is 2.45. The lowest BCUT2D eigenvalue weighted by molar-refractivity contribution is 0.113. The third-order valence-corrected chi connectivity index (χ3v) is 7.13. The zero-order chi connectivity index (χ0) is 20.0. The molecule has 0 bridgehead atoms. The van der Waals surface area contributed by atoms with Crippen LogP contribution in [0.2, 0.25) is 5.02 Å². The third-order valence-electron chi connectivity index (χ3n) is 6.84. The van der Waals surface area contributed by atoms with Gasteiger partial charge in [0.2, 0.25) is 0 Å². The molecular weight excluding hydrogens is 350 g/mol. The molecule has 0 spiro atoms. The summed E-state index contributed by atoms with van der Waals surface area (Å²) in [4.78, 5) is 2.45. The van der Waals surface area contributed by atoms with Crippen LogP contribution in [0.25, 0.3) is 5.57 Å². The molecule has 2 heteroatoms. The van der Waals surface area contributed by atoms with Gasteiger partial charge in [-0.1, -0.05) is 57.9 Å². The number of hydrogen-bond acceptors (Lipinski definition) is 1. The quantitative estimate of drug-likeness (QED) is 0.421. The van der Waals surface area contributed by atoms with E-state index in [-0.39, 0.29) is 0 Å². The van der Waals surface area contributed by atoms with Crippen molar-refractivity contribution >= 4 is 17.2 Å². The Morgan fingerprint density at radius 3 is 2.41 bits per heavy atom. The molecule has 0 N–H and O–H groups in total. The Balaban J connectivity index is 1.91. The highest BCUT2D eigenvalue weighted by Gasteiger charge is 2.33. The van der Waals surface area contributed by atoms with Crippen molar-refractivity contribution in [2.75, 3.05) is 20.1 Å². The van der Waals surface area contributed by atoms with Gasteiger partial charge in [-0.15, -0.1) is 0 Å². The lowest BCUT2D eigenvalue weighted by Gasteiger charge is -2.41. The summed E-state index contributed by atoms with van der Waals surface area (Å²) in [5.74, 6) is 0.832. The number of benzene rings is 1. The van der Waals surface area contributed by atoms with E-state index < -0.39 is 0 Å². The van der Waals surface area contributed by atoms with Gasteiger partial charge in [-0.2, -0.15) is 0 Å². The fraction of sp³-hybridized carbons (Fsp3) is 0.680. The molecular formula is C25H40ClN. The van der Waals surface area contributed by atoms with Crippen molar-refractivity contribution in [3.05, 3.63) is 40.4 Å². The summed E-state index contributed by atoms with van der Waals surface area (Å²) in [6.45, 7) is 15.5. The van der Waals surface area contributed by atoms with E-state index in [9.17, 15) is 0 Å². The Labute approximate surface area is 173 Å². The van der Waals surface area contributed by atoms with E-state index in [0.29, 0.717) is 5.41 Å². The number of aryl methyl sites for hydroxylation is 2. The molecule has 152 valence electrons. The molecule has 0 unspecified atom stereocenters. The molecule has 0 aliphatic heterocycles. The van der Waals surface area contributed by atoms with Gasteiger partial charge >= 0.3 is 0 Å². The molecule has 1 saturated carbocycles. The SMILES string of the molecule is C=C(CN(C)CC1CCC(CC)(CCC)CC1)c1c(C)cc(CC)cc1Cl. The standard InChI is InChI=1S/C25H40ClN/c1-7-12-25(9-3)13-10-22(11-14-25)18-27(6)17-20(5)24-19(4)15-21(8-2)16-23(24)26/h15-16,22H,5,7-14,17-18H2,1-4,6H3. The molecule has 1 aromatic rings. The molecule has 2 rings (SSSR count). The predicted molar refractivity (Wildman–Crippen MR) is 122 cm³/mol. The Morgan fingerprint density at radius 2 is 1.89 bits per heavy atom. The molecule has 1 nitrogen and oxygen atoms in total. The fourth-order valence-electron chi connectivity index (χ4n) is 5.16. The van der Waals surface area contributed by atoms with Crippen LogP contribution in [0.4, 0.5) is 0 Å². The summed E-state index contributed by atoms with van der Waals surface area (Å²) < 4.78 is 0. The van der Waals surface area contributed by atoms with E-state index in [1.54, 1.807) is 0 Å². The van der Waals surface area contributed by atoms with Gasteiger partial charge < -0.3 is 4.90 Å². The van der Waals surface area contributed by atoms with Gasteiger partial charge in [-0.05, 0) is 92.2 Å². The van der Waals surface area contributed by atoms with Crippen LogP contribution >= 0.6 is 11.6 Å². The monoisotopic (exact) mass is 389 g/mol. The van der Waals surface area contributed by atoms with E-state index in [1.165, 1.54) is 62.6 Å². The van der Waals surface area contributed by atoms with Crippen molar-refractivity contribution in [1.29, 1.82) is 0 Å². The summed E-state index contributed by atoms with van der Waals surface area (Å²) in [6, 6.07) is 4.36. The highest BCUT2D eigenvalue weighted by molar-refractivity contribution is 6.32. The molecule has 0 aromatic heterocycles. The van der Waals surface area contributed by atoms with Crippen molar-refractivity contribution in [2.45, 2.75) is 79.1 Å². The minimum absolute atomic E-state index is 0.638. The van der Waals surface area contributed by atoms with Crippen molar-refractivity contribution in [1.82, 2.24) is 4.90 Å². The molecule has 0 heterocycles. The average Bonchev–Trinajstić information content (AvgIpc) is 2.62. The Morgan fingerprint density at radius 1 is 1.22 bits per heavy atom. The van der Waals surface area contributed by atoms with Crippen LogP contribution in [-0.4, -0.2) is 25.0 Å². The maximum Gasteiger partial charge on any atom is 0.0486 e. The molecule has 1 aromatic carbocycles. The summed E-state index contributed by atoms with van der Waals surface area (Å²) in [7, 11) is 2.24. The van der Waals surface area contributed by atoms with Crippen LogP contribution in [0.5, 0.6) is 0 Å². The van der Waals surface area contributed by atoms with Crippen molar-refractivity contribution in [3.8, 4) is 0 Å². The molecule has 1 fully saturated rings. The van der Waals surface area contributed by atoms with E-state index in [0.717, 1.165) is 35.0 Å². The van der Waals surface area contributed by atoms with Crippen molar-refractivity contribution < 1.29 is 0 Å². The smallest absolute Gasteiger partial charge is 0.0486 e. The van der Waals surface area contributed by atoms with E-state index in [2.05, 4.69) is 58.4 Å². The van der Waals surface area contributed by atoms with Crippen LogP contribution in [0.1, 0.15) is 82.4 Å². The number of likely N-dealkylation sites (N-methyl/N-ethyl adjacent to an activating group) is 1. The first-order valence-corrected chi connectivity index (χ1v) is 11.4. The maximum absolute atomic E-state index is 6.58. The van der Waals surface area contributed by atoms with Gasteiger partial charge in [0.1, 0.15) is 0 Å². The van der Waals surface area contributed by atoms with Gasteiger partial charge in [-0.25, -0.2) is 0 Å². The third kappa shape index (κ3) is 5.84. The summed E-state index contributed by atoms with van der Waals surface area (Å²) in [5.41, 5.74) is 5.49. The highest BCUT2D eigenvalue weighted by atomic mass is 35.5. The molecule has 27 heavy (non-hydrogen) atoms. The molecule has 1 aliphatic rings. The zero-order valence-electron chi connectivity index (χ0n) is 18.3. The van der Waals surface area contributed by atoms with Gasteiger partial charge in [0.05, 0.1) is 0 Å². The summed E-state index contributed by atoms with van der Waals surface area (Å²) >= 11 is 6.58. The topological polar surface area (TPSA) is 3.24 Å².